The molecule has 1 saturated heterocycles. The fourth-order valence-electron chi connectivity index (χ4n) is 3.45. The minimum absolute atomic E-state index is 0.0128. The summed E-state index contributed by atoms with van der Waals surface area (Å²) in [6.45, 7) is 4.70. The lowest BCUT2D eigenvalue weighted by atomic mass is 10.0. The summed E-state index contributed by atoms with van der Waals surface area (Å²) in [6, 6.07) is 4.37. The van der Waals surface area contributed by atoms with Crippen LogP contribution in [-0.4, -0.2) is 51.4 Å². The number of carbonyl (C=O) groups is 2. The Morgan fingerprint density at radius 2 is 2.00 bits per heavy atom. The van der Waals surface area contributed by atoms with E-state index in [1.54, 1.807) is 29.5 Å². The Morgan fingerprint density at radius 1 is 1.30 bits per heavy atom. The van der Waals surface area contributed by atoms with E-state index in [0.29, 0.717) is 31.6 Å². The molecule has 0 atom stereocenters. The highest BCUT2D eigenvalue weighted by Crippen LogP contribution is 2.28. The van der Waals surface area contributed by atoms with Crippen LogP contribution in [0.4, 0.5) is 4.39 Å². The average Bonchev–Trinajstić information content (AvgIpc) is 3.05. The van der Waals surface area contributed by atoms with E-state index in [2.05, 4.69) is 5.10 Å². The molecule has 1 aliphatic rings. The maximum Gasteiger partial charge on any atom is 0.339 e. The molecule has 1 N–H and O–H groups in total. The number of aromatic nitrogens is 2. The predicted octanol–water partition coefficient (Wildman–Crippen LogP) is 2.90. The number of rotatable bonds is 5. The molecule has 3 rings (SSSR count). The quantitative estimate of drug-likeness (QED) is 0.869. The highest BCUT2D eigenvalue weighted by atomic mass is 19.1. The fourth-order valence-corrected chi connectivity index (χ4v) is 3.45. The van der Waals surface area contributed by atoms with Crippen LogP contribution in [0.3, 0.4) is 0 Å². The summed E-state index contributed by atoms with van der Waals surface area (Å²) in [4.78, 5) is 25.7. The maximum atomic E-state index is 14.0. The molecule has 1 amide bonds. The lowest BCUT2D eigenvalue weighted by Crippen LogP contribution is -2.39. The van der Waals surface area contributed by atoms with Gasteiger partial charge in [0.2, 0.25) is 0 Å². The highest BCUT2D eigenvalue weighted by molar-refractivity contribution is 5.97. The van der Waals surface area contributed by atoms with Gasteiger partial charge in [-0.05, 0) is 38.8 Å². The van der Waals surface area contributed by atoms with Crippen molar-refractivity contribution < 1.29 is 23.8 Å². The molecule has 1 aromatic carbocycles. The van der Waals surface area contributed by atoms with Gasteiger partial charge in [0, 0.05) is 13.1 Å². The van der Waals surface area contributed by atoms with Crippen molar-refractivity contribution in [2.24, 2.45) is 0 Å². The van der Waals surface area contributed by atoms with E-state index in [-0.39, 0.29) is 35.4 Å². The van der Waals surface area contributed by atoms with Gasteiger partial charge in [0.05, 0.1) is 30.1 Å². The molecule has 0 unspecified atom stereocenters. The molecule has 0 bridgehead atoms. The van der Waals surface area contributed by atoms with Crippen LogP contribution in [0.5, 0.6) is 5.75 Å². The standard InChI is InChI=1S/C19H22FN3O4/c1-3-27-17-14(5-4-6-16(17)20)18(24)22-9-7-13(8-10-22)23-12(2)15(11-21-23)19(25)26/h4-6,11,13H,3,7-10H2,1-2H3,(H,25,26). The second-order valence-corrected chi connectivity index (χ2v) is 6.47. The first-order chi connectivity index (χ1) is 12.9. The molecule has 27 heavy (non-hydrogen) atoms. The number of hydrogen-bond acceptors (Lipinski definition) is 4. The van der Waals surface area contributed by atoms with Crippen LogP contribution in [0.1, 0.15) is 52.2 Å². The van der Waals surface area contributed by atoms with Crippen LogP contribution >= 0.6 is 0 Å². The van der Waals surface area contributed by atoms with Gasteiger partial charge in [0.1, 0.15) is 5.56 Å². The summed E-state index contributed by atoms with van der Waals surface area (Å²) in [6.07, 6.45) is 2.65. The van der Waals surface area contributed by atoms with E-state index in [9.17, 15) is 14.0 Å². The number of carboxylic acid groups (broad SMARTS) is 1. The molecular formula is C19H22FN3O4. The predicted molar refractivity (Wildman–Crippen MR) is 95.7 cm³/mol. The van der Waals surface area contributed by atoms with Crippen LogP contribution in [0.25, 0.3) is 0 Å². The summed E-state index contributed by atoms with van der Waals surface area (Å²) < 4.78 is 21.0. The molecule has 0 aliphatic carbocycles. The number of likely N-dealkylation sites (tertiary alicyclic amines) is 1. The normalized spacial score (nSPS) is 15.0. The Bertz CT molecular complexity index is 857. The number of para-hydroxylation sites is 1. The molecular weight excluding hydrogens is 353 g/mol. The first kappa shape index (κ1) is 18.9. The van der Waals surface area contributed by atoms with Crippen molar-refractivity contribution in [1.82, 2.24) is 14.7 Å². The zero-order valence-electron chi connectivity index (χ0n) is 15.3. The van der Waals surface area contributed by atoms with E-state index in [1.807, 2.05) is 0 Å². The van der Waals surface area contributed by atoms with Gasteiger partial charge in [-0.1, -0.05) is 6.07 Å². The average molecular weight is 375 g/mol. The summed E-state index contributed by atoms with van der Waals surface area (Å²) in [5, 5.41) is 13.4. The smallest absolute Gasteiger partial charge is 0.339 e. The summed E-state index contributed by atoms with van der Waals surface area (Å²) in [5.74, 6) is -1.83. The topological polar surface area (TPSA) is 84.7 Å². The largest absolute Gasteiger partial charge is 0.490 e. The number of hydrogen-bond donors (Lipinski definition) is 1. The third kappa shape index (κ3) is 3.65. The van der Waals surface area contributed by atoms with Gasteiger partial charge in [-0.2, -0.15) is 5.10 Å². The molecule has 7 nitrogen and oxygen atoms in total. The van der Waals surface area contributed by atoms with Crippen molar-refractivity contribution in [1.29, 1.82) is 0 Å². The Hall–Kier alpha value is -2.90. The van der Waals surface area contributed by atoms with E-state index < -0.39 is 11.8 Å². The van der Waals surface area contributed by atoms with Crippen molar-refractivity contribution in [2.75, 3.05) is 19.7 Å². The van der Waals surface area contributed by atoms with Gasteiger partial charge in [-0.25, -0.2) is 9.18 Å². The van der Waals surface area contributed by atoms with E-state index in [0.717, 1.165) is 0 Å². The number of halogens is 1. The first-order valence-corrected chi connectivity index (χ1v) is 8.92. The summed E-state index contributed by atoms with van der Waals surface area (Å²) in [7, 11) is 0. The Morgan fingerprint density at radius 3 is 2.59 bits per heavy atom. The van der Waals surface area contributed by atoms with Gasteiger partial charge < -0.3 is 14.7 Å². The van der Waals surface area contributed by atoms with Crippen molar-refractivity contribution in [2.45, 2.75) is 32.7 Å². The van der Waals surface area contributed by atoms with E-state index in [4.69, 9.17) is 9.84 Å². The number of ether oxygens (including phenoxy) is 1. The number of carboxylic acids is 1. The molecule has 0 spiro atoms. The van der Waals surface area contributed by atoms with E-state index >= 15 is 0 Å². The van der Waals surface area contributed by atoms with Gasteiger partial charge in [-0.15, -0.1) is 0 Å². The first-order valence-electron chi connectivity index (χ1n) is 8.92. The van der Waals surface area contributed by atoms with Gasteiger partial charge in [-0.3, -0.25) is 9.48 Å². The van der Waals surface area contributed by atoms with Crippen LogP contribution in [0.2, 0.25) is 0 Å². The van der Waals surface area contributed by atoms with Crippen molar-refractivity contribution >= 4 is 11.9 Å². The molecule has 0 saturated carbocycles. The zero-order valence-corrected chi connectivity index (χ0v) is 15.3. The van der Waals surface area contributed by atoms with Crippen LogP contribution in [-0.2, 0) is 0 Å². The fraction of sp³-hybridized carbons (Fsp3) is 0.421. The summed E-state index contributed by atoms with van der Waals surface area (Å²) >= 11 is 0. The second-order valence-electron chi connectivity index (χ2n) is 6.47. The van der Waals surface area contributed by atoms with Gasteiger partial charge >= 0.3 is 5.97 Å². The van der Waals surface area contributed by atoms with Crippen molar-refractivity contribution in [3.8, 4) is 5.75 Å². The zero-order chi connectivity index (χ0) is 19.6. The van der Waals surface area contributed by atoms with Gasteiger partial charge in [0.25, 0.3) is 5.91 Å². The molecule has 2 aromatic rings. The second kappa shape index (κ2) is 7.77. The Kier molecular flexibility index (Phi) is 5.43. The number of nitrogens with zero attached hydrogens (tertiary/aromatic N) is 3. The molecule has 2 heterocycles. The molecule has 1 aliphatic heterocycles. The molecule has 1 fully saturated rings. The van der Waals surface area contributed by atoms with Crippen LogP contribution in [0, 0.1) is 12.7 Å². The number of carbonyl (C=O) groups excluding carboxylic acids is 1. The third-order valence-corrected chi connectivity index (χ3v) is 4.86. The minimum Gasteiger partial charge on any atom is -0.490 e. The number of aromatic carboxylic acids is 1. The molecule has 1 aromatic heterocycles. The SMILES string of the molecule is CCOc1c(F)cccc1C(=O)N1CCC(n2ncc(C(=O)O)c2C)CC1. The lowest BCUT2D eigenvalue weighted by Gasteiger charge is -2.33. The maximum absolute atomic E-state index is 14.0. The minimum atomic E-state index is -0.999. The van der Waals surface area contributed by atoms with E-state index in [1.165, 1.54) is 18.3 Å². The van der Waals surface area contributed by atoms with Crippen molar-refractivity contribution in [3.63, 3.8) is 0 Å². The monoisotopic (exact) mass is 375 g/mol. The number of amides is 1. The summed E-state index contributed by atoms with van der Waals surface area (Å²) in [5.41, 5.74) is 1.02. The van der Waals surface area contributed by atoms with Crippen LogP contribution < -0.4 is 4.74 Å². The molecule has 8 heteroatoms. The molecule has 0 radical (unpaired) electrons. The molecule has 144 valence electrons. The number of piperidine rings is 1. The lowest BCUT2D eigenvalue weighted by molar-refractivity contribution is 0.0683. The highest BCUT2D eigenvalue weighted by Gasteiger charge is 2.29. The Balaban J connectivity index is 1.72. The van der Waals surface area contributed by atoms with Crippen LogP contribution in [0.15, 0.2) is 24.4 Å². The van der Waals surface area contributed by atoms with Gasteiger partial charge in [0.15, 0.2) is 11.6 Å². The third-order valence-electron chi connectivity index (χ3n) is 4.86. The number of benzene rings is 1. The van der Waals surface area contributed by atoms with Crippen molar-refractivity contribution in [3.05, 3.63) is 47.0 Å². The Labute approximate surface area is 156 Å².